The summed E-state index contributed by atoms with van der Waals surface area (Å²) < 4.78 is 28.0. The molecular formula is C12H19NO6S. The van der Waals surface area contributed by atoms with Gasteiger partial charge in [0, 0.05) is 19.7 Å². The minimum absolute atomic E-state index is 0.0348. The molecule has 3 atom stereocenters. The first-order valence-corrected chi connectivity index (χ1v) is 8.40. The number of carbonyl (C=O) groups is 2. The number of hydrogen-bond donors (Lipinski definition) is 1. The van der Waals surface area contributed by atoms with E-state index in [9.17, 15) is 18.0 Å². The molecule has 0 spiro atoms. The first kappa shape index (κ1) is 15.2. The summed E-state index contributed by atoms with van der Waals surface area (Å²) in [5.74, 6) is -2.29. The highest BCUT2D eigenvalue weighted by atomic mass is 32.2. The van der Waals surface area contributed by atoms with Gasteiger partial charge in [-0.2, -0.15) is 0 Å². The summed E-state index contributed by atoms with van der Waals surface area (Å²) in [5.41, 5.74) is 0. The third-order valence-electron chi connectivity index (χ3n) is 3.89. The van der Waals surface area contributed by atoms with Crippen LogP contribution in [0, 0.1) is 11.8 Å². The molecule has 1 saturated heterocycles. The van der Waals surface area contributed by atoms with Crippen molar-refractivity contribution in [1.29, 1.82) is 0 Å². The number of methoxy groups -OCH3 is 1. The standard InChI is InChI=1S/C12H19NO6S/c1-19-4-3-13(8-2-5-20(17,18)7-8)11(14)9-6-10(9)12(15)16/h8-10H,2-7H2,1H3,(H,15,16)/t8?,9-,10+/m1/s1. The highest BCUT2D eigenvalue weighted by molar-refractivity contribution is 7.91. The highest BCUT2D eigenvalue weighted by Gasteiger charge is 2.51. The van der Waals surface area contributed by atoms with Crippen LogP contribution in [-0.2, 0) is 24.2 Å². The molecule has 1 saturated carbocycles. The van der Waals surface area contributed by atoms with Gasteiger partial charge in [-0.05, 0) is 12.8 Å². The van der Waals surface area contributed by atoms with Gasteiger partial charge in [-0.15, -0.1) is 0 Å². The fourth-order valence-electron chi connectivity index (χ4n) is 2.64. The van der Waals surface area contributed by atoms with Crippen LogP contribution in [0.15, 0.2) is 0 Å². The number of amides is 1. The van der Waals surface area contributed by atoms with E-state index in [2.05, 4.69) is 0 Å². The molecule has 1 aliphatic carbocycles. The van der Waals surface area contributed by atoms with Crippen molar-refractivity contribution in [3.8, 4) is 0 Å². The van der Waals surface area contributed by atoms with Crippen molar-refractivity contribution in [2.45, 2.75) is 18.9 Å². The van der Waals surface area contributed by atoms with Gasteiger partial charge in [0.2, 0.25) is 5.91 Å². The number of carboxylic acid groups (broad SMARTS) is 1. The summed E-state index contributed by atoms with van der Waals surface area (Å²) in [6.07, 6.45) is 0.763. The third kappa shape index (κ3) is 3.29. The molecule has 2 aliphatic rings. The molecule has 0 aromatic rings. The van der Waals surface area contributed by atoms with E-state index >= 15 is 0 Å². The predicted octanol–water partition coefficient (Wildman–Crippen LogP) is -0.631. The Morgan fingerprint density at radius 1 is 1.35 bits per heavy atom. The second kappa shape index (κ2) is 5.69. The lowest BCUT2D eigenvalue weighted by Crippen LogP contribution is -2.44. The van der Waals surface area contributed by atoms with Gasteiger partial charge in [0.1, 0.15) is 0 Å². The zero-order chi connectivity index (χ0) is 14.9. The number of hydrogen-bond acceptors (Lipinski definition) is 5. The predicted molar refractivity (Wildman–Crippen MR) is 69.9 cm³/mol. The Balaban J connectivity index is 2.04. The monoisotopic (exact) mass is 305 g/mol. The van der Waals surface area contributed by atoms with E-state index in [0.29, 0.717) is 26.0 Å². The Labute approximate surface area is 117 Å². The quantitative estimate of drug-likeness (QED) is 0.701. The zero-order valence-corrected chi connectivity index (χ0v) is 12.1. The van der Waals surface area contributed by atoms with Crippen LogP contribution in [0.25, 0.3) is 0 Å². The SMILES string of the molecule is COCCN(C(=O)[C@@H]1C[C@@H]1C(=O)O)C1CCS(=O)(=O)C1. The van der Waals surface area contributed by atoms with Crippen molar-refractivity contribution in [3.05, 3.63) is 0 Å². The van der Waals surface area contributed by atoms with E-state index < -0.39 is 27.6 Å². The number of aliphatic carboxylic acids is 1. The van der Waals surface area contributed by atoms with E-state index in [1.807, 2.05) is 0 Å². The van der Waals surface area contributed by atoms with Gasteiger partial charge in [0.15, 0.2) is 9.84 Å². The largest absolute Gasteiger partial charge is 0.481 e. The summed E-state index contributed by atoms with van der Waals surface area (Å²) in [5, 5.41) is 8.89. The number of ether oxygens (including phenoxy) is 1. The molecule has 7 nitrogen and oxygen atoms in total. The van der Waals surface area contributed by atoms with Crippen LogP contribution in [0.4, 0.5) is 0 Å². The molecule has 114 valence electrons. The average molecular weight is 305 g/mol. The topological polar surface area (TPSA) is 101 Å². The Kier molecular flexibility index (Phi) is 4.33. The second-order valence-corrected chi connectivity index (χ2v) is 7.60. The first-order chi connectivity index (χ1) is 9.35. The van der Waals surface area contributed by atoms with Crippen molar-refractivity contribution in [3.63, 3.8) is 0 Å². The van der Waals surface area contributed by atoms with Gasteiger partial charge in [0.05, 0.1) is 29.9 Å². The molecule has 1 unspecified atom stereocenters. The van der Waals surface area contributed by atoms with Crippen molar-refractivity contribution < 1.29 is 27.9 Å². The normalized spacial score (nSPS) is 30.9. The maximum Gasteiger partial charge on any atom is 0.307 e. The zero-order valence-electron chi connectivity index (χ0n) is 11.3. The number of carbonyl (C=O) groups excluding carboxylic acids is 1. The van der Waals surface area contributed by atoms with Gasteiger partial charge in [-0.1, -0.05) is 0 Å². The Morgan fingerprint density at radius 3 is 2.50 bits per heavy atom. The van der Waals surface area contributed by atoms with E-state index in [0.717, 1.165) is 0 Å². The Hall–Kier alpha value is -1.15. The fourth-order valence-corrected chi connectivity index (χ4v) is 4.37. The van der Waals surface area contributed by atoms with Gasteiger partial charge in [-0.25, -0.2) is 8.42 Å². The molecule has 1 heterocycles. The first-order valence-electron chi connectivity index (χ1n) is 6.58. The Morgan fingerprint density at radius 2 is 2.05 bits per heavy atom. The molecule has 0 bridgehead atoms. The molecule has 1 aliphatic heterocycles. The molecule has 0 aromatic heterocycles. The Bertz CT molecular complexity index is 502. The maximum atomic E-state index is 12.3. The molecular weight excluding hydrogens is 286 g/mol. The fraction of sp³-hybridized carbons (Fsp3) is 0.833. The second-order valence-electron chi connectivity index (χ2n) is 5.37. The summed E-state index contributed by atoms with van der Waals surface area (Å²) in [6.45, 7) is 0.616. The molecule has 2 rings (SSSR count). The third-order valence-corrected chi connectivity index (χ3v) is 5.64. The van der Waals surface area contributed by atoms with Crippen molar-refractivity contribution >= 4 is 21.7 Å². The van der Waals surface area contributed by atoms with Crippen LogP contribution in [0.1, 0.15) is 12.8 Å². The van der Waals surface area contributed by atoms with Crippen molar-refractivity contribution in [2.75, 3.05) is 31.8 Å². The maximum absolute atomic E-state index is 12.3. The van der Waals surface area contributed by atoms with Crippen LogP contribution in [0.5, 0.6) is 0 Å². The number of rotatable bonds is 6. The van der Waals surface area contributed by atoms with E-state index in [-0.39, 0.29) is 23.5 Å². The van der Waals surface area contributed by atoms with Crippen LogP contribution >= 0.6 is 0 Å². The minimum Gasteiger partial charge on any atom is -0.481 e. The summed E-state index contributed by atoms with van der Waals surface area (Å²) >= 11 is 0. The number of nitrogens with zero attached hydrogens (tertiary/aromatic N) is 1. The number of sulfone groups is 1. The molecule has 20 heavy (non-hydrogen) atoms. The molecule has 2 fully saturated rings. The lowest BCUT2D eigenvalue weighted by molar-refractivity contribution is -0.142. The smallest absolute Gasteiger partial charge is 0.307 e. The summed E-state index contributed by atoms with van der Waals surface area (Å²) in [6, 6.07) is -0.349. The minimum atomic E-state index is -3.09. The summed E-state index contributed by atoms with van der Waals surface area (Å²) in [4.78, 5) is 24.7. The molecule has 0 aromatic carbocycles. The van der Waals surface area contributed by atoms with E-state index in [1.54, 1.807) is 0 Å². The van der Waals surface area contributed by atoms with Crippen LogP contribution in [0.2, 0.25) is 0 Å². The highest BCUT2D eigenvalue weighted by Crippen LogP contribution is 2.40. The molecule has 0 radical (unpaired) electrons. The van der Waals surface area contributed by atoms with Crippen LogP contribution < -0.4 is 0 Å². The van der Waals surface area contributed by atoms with Gasteiger partial charge in [-0.3, -0.25) is 9.59 Å². The average Bonchev–Trinajstić information content (AvgIpc) is 3.09. The van der Waals surface area contributed by atoms with Crippen molar-refractivity contribution in [2.24, 2.45) is 11.8 Å². The van der Waals surface area contributed by atoms with E-state index in [1.165, 1.54) is 12.0 Å². The van der Waals surface area contributed by atoms with Crippen molar-refractivity contribution in [1.82, 2.24) is 4.90 Å². The van der Waals surface area contributed by atoms with Crippen LogP contribution in [0.3, 0.4) is 0 Å². The van der Waals surface area contributed by atoms with Crippen LogP contribution in [-0.4, -0.2) is 68.1 Å². The molecule has 1 N–H and O–H groups in total. The van der Waals surface area contributed by atoms with Gasteiger partial charge < -0.3 is 14.7 Å². The molecule has 8 heteroatoms. The molecule has 1 amide bonds. The lowest BCUT2D eigenvalue weighted by Gasteiger charge is -2.28. The van der Waals surface area contributed by atoms with Gasteiger partial charge in [0.25, 0.3) is 0 Å². The van der Waals surface area contributed by atoms with Gasteiger partial charge >= 0.3 is 5.97 Å². The van der Waals surface area contributed by atoms with E-state index in [4.69, 9.17) is 9.84 Å². The number of carboxylic acids is 1. The summed E-state index contributed by atoms with van der Waals surface area (Å²) in [7, 11) is -1.58. The lowest BCUT2D eigenvalue weighted by atomic mass is 10.2.